The van der Waals surface area contributed by atoms with Crippen molar-refractivity contribution in [2.75, 3.05) is 0 Å². The fraction of sp³-hybridized carbons (Fsp3) is 0.182. The second-order valence-corrected chi connectivity index (χ2v) is 6.11. The van der Waals surface area contributed by atoms with Crippen LogP contribution in [0, 0.1) is 12.7 Å². The zero-order valence-corrected chi connectivity index (χ0v) is 14.3. The van der Waals surface area contributed by atoms with Crippen LogP contribution in [-0.2, 0) is 19.7 Å². The van der Waals surface area contributed by atoms with Crippen molar-refractivity contribution in [3.8, 4) is 5.75 Å². The van der Waals surface area contributed by atoms with E-state index in [1.54, 1.807) is 12.1 Å². The third-order valence-electron chi connectivity index (χ3n) is 4.05. The molecule has 0 aliphatic heterocycles. The summed E-state index contributed by atoms with van der Waals surface area (Å²) < 4.78 is 18.9. The molecule has 3 heteroatoms. The molecule has 3 aromatic rings. The van der Waals surface area contributed by atoms with Gasteiger partial charge in [-0.15, -0.1) is 0 Å². The predicted molar refractivity (Wildman–Crippen MR) is 98.9 cm³/mol. The minimum atomic E-state index is -0.210. The zero-order chi connectivity index (χ0) is 17.5. The number of ether oxygens (including phenoxy) is 1. The van der Waals surface area contributed by atoms with Crippen LogP contribution in [0.3, 0.4) is 0 Å². The summed E-state index contributed by atoms with van der Waals surface area (Å²) in [6, 6.07) is 22.9. The largest absolute Gasteiger partial charge is 0.489 e. The second-order valence-electron chi connectivity index (χ2n) is 6.11. The van der Waals surface area contributed by atoms with Crippen molar-refractivity contribution in [1.29, 1.82) is 0 Å². The Kier molecular flexibility index (Phi) is 5.81. The van der Waals surface area contributed by atoms with Gasteiger partial charge < -0.3 is 10.1 Å². The fourth-order valence-corrected chi connectivity index (χ4v) is 2.58. The maximum Gasteiger partial charge on any atom is 0.124 e. The summed E-state index contributed by atoms with van der Waals surface area (Å²) in [6.45, 7) is 4.01. The number of nitrogens with one attached hydrogen (secondary N) is 1. The molecule has 0 aliphatic rings. The molecule has 0 atom stereocenters. The number of hydrogen-bond acceptors (Lipinski definition) is 2. The number of benzene rings is 3. The lowest BCUT2D eigenvalue weighted by molar-refractivity contribution is 0.302. The summed E-state index contributed by atoms with van der Waals surface area (Å²) in [5.74, 6) is 0.674. The van der Waals surface area contributed by atoms with Crippen LogP contribution >= 0.6 is 0 Å². The maximum atomic E-state index is 12.9. The van der Waals surface area contributed by atoms with Crippen LogP contribution in [0.1, 0.15) is 22.3 Å². The number of aryl methyl sites for hydroxylation is 1. The van der Waals surface area contributed by atoms with Crippen LogP contribution < -0.4 is 10.1 Å². The smallest absolute Gasteiger partial charge is 0.124 e. The Morgan fingerprint density at radius 3 is 2.24 bits per heavy atom. The lowest BCUT2D eigenvalue weighted by Gasteiger charge is -2.12. The quantitative estimate of drug-likeness (QED) is 0.656. The third kappa shape index (κ3) is 5.16. The average Bonchev–Trinajstić information content (AvgIpc) is 2.64. The first-order chi connectivity index (χ1) is 12.2. The SMILES string of the molecule is Cc1ccc(COc2ccccc2CNCc2ccc(F)cc2)cc1. The van der Waals surface area contributed by atoms with Crippen molar-refractivity contribution in [2.45, 2.75) is 26.6 Å². The van der Waals surface area contributed by atoms with Gasteiger partial charge in [0.1, 0.15) is 18.2 Å². The maximum absolute atomic E-state index is 12.9. The van der Waals surface area contributed by atoms with E-state index in [4.69, 9.17) is 4.74 Å². The van der Waals surface area contributed by atoms with Crippen molar-refractivity contribution in [3.05, 3.63) is 101 Å². The minimum absolute atomic E-state index is 0.210. The Morgan fingerprint density at radius 1 is 0.800 bits per heavy atom. The molecule has 0 fully saturated rings. The highest BCUT2D eigenvalue weighted by atomic mass is 19.1. The molecule has 25 heavy (non-hydrogen) atoms. The topological polar surface area (TPSA) is 21.3 Å². The van der Waals surface area contributed by atoms with Gasteiger partial charge in [-0.05, 0) is 36.2 Å². The molecule has 0 saturated carbocycles. The first-order valence-corrected chi connectivity index (χ1v) is 8.42. The van der Waals surface area contributed by atoms with Gasteiger partial charge in [0.15, 0.2) is 0 Å². The van der Waals surface area contributed by atoms with Gasteiger partial charge in [-0.1, -0.05) is 60.2 Å². The summed E-state index contributed by atoms with van der Waals surface area (Å²) in [4.78, 5) is 0. The highest BCUT2D eigenvalue weighted by Gasteiger charge is 2.04. The Morgan fingerprint density at radius 2 is 1.48 bits per heavy atom. The van der Waals surface area contributed by atoms with Gasteiger partial charge in [-0.3, -0.25) is 0 Å². The first kappa shape index (κ1) is 17.2. The summed E-state index contributed by atoms with van der Waals surface area (Å²) in [5.41, 5.74) is 4.56. The highest BCUT2D eigenvalue weighted by molar-refractivity contribution is 5.33. The van der Waals surface area contributed by atoms with Crippen molar-refractivity contribution >= 4 is 0 Å². The molecular weight excluding hydrogens is 313 g/mol. The van der Waals surface area contributed by atoms with Crippen molar-refractivity contribution in [1.82, 2.24) is 5.32 Å². The van der Waals surface area contributed by atoms with Gasteiger partial charge >= 0.3 is 0 Å². The zero-order valence-electron chi connectivity index (χ0n) is 14.3. The second kappa shape index (κ2) is 8.45. The number of para-hydroxylation sites is 1. The summed E-state index contributed by atoms with van der Waals surface area (Å²) in [6.07, 6.45) is 0. The third-order valence-corrected chi connectivity index (χ3v) is 4.05. The summed E-state index contributed by atoms with van der Waals surface area (Å²) in [7, 11) is 0. The fourth-order valence-electron chi connectivity index (χ4n) is 2.58. The molecule has 3 rings (SSSR count). The number of halogens is 1. The van der Waals surface area contributed by atoms with Crippen LogP contribution in [0.15, 0.2) is 72.8 Å². The Labute approximate surface area is 148 Å². The molecule has 0 aliphatic carbocycles. The number of rotatable bonds is 7. The van der Waals surface area contributed by atoms with Crippen LogP contribution in [0.25, 0.3) is 0 Å². The molecule has 0 bridgehead atoms. The van der Waals surface area contributed by atoms with Crippen molar-refractivity contribution in [3.63, 3.8) is 0 Å². The van der Waals surface area contributed by atoms with E-state index in [9.17, 15) is 4.39 Å². The molecule has 1 N–H and O–H groups in total. The predicted octanol–water partition coefficient (Wildman–Crippen LogP) is 5.00. The lowest BCUT2D eigenvalue weighted by atomic mass is 10.1. The van der Waals surface area contributed by atoms with Crippen LogP contribution in [0.2, 0.25) is 0 Å². The molecule has 0 heterocycles. The van der Waals surface area contributed by atoms with E-state index in [-0.39, 0.29) is 5.82 Å². The van der Waals surface area contributed by atoms with Crippen molar-refractivity contribution < 1.29 is 9.13 Å². The van der Waals surface area contributed by atoms with E-state index >= 15 is 0 Å². The van der Waals surface area contributed by atoms with E-state index in [2.05, 4.69) is 42.6 Å². The molecule has 0 spiro atoms. The van der Waals surface area contributed by atoms with Gasteiger partial charge in [0.25, 0.3) is 0 Å². The van der Waals surface area contributed by atoms with Crippen molar-refractivity contribution in [2.24, 2.45) is 0 Å². The van der Waals surface area contributed by atoms with Gasteiger partial charge in [0, 0.05) is 18.7 Å². The van der Waals surface area contributed by atoms with Crippen LogP contribution in [-0.4, -0.2) is 0 Å². The van der Waals surface area contributed by atoms with Gasteiger partial charge in [0.2, 0.25) is 0 Å². The Balaban J connectivity index is 1.56. The number of hydrogen-bond donors (Lipinski definition) is 1. The van der Waals surface area contributed by atoms with Gasteiger partial charge in [0.05, 0.1) is 0 Å². The molecule has 0 saturated heterocycles. The van der Waals surface area contributed by atoms with E-state index in [0.29, 0.717) is 19.7 Å². The summed E-state index contributed by atoms with van der Waals surface area (Å²) in [5, 5.41) is 3.38. The average molecular weight is 335 g/mol. The molecule has 0 amide bonds. The minimum Gasteiger partial charge on any atom is -0.489 e. The summed E-state index contributed by atoms with van der Waals surface area (Å²) >= 11 is 0. The standard InChI is InChI=1S/C22H22FNO/c1-17-6-8-19(9-7-17)16-25-22-5-3-2-4-20(22)15-24-14-18-10-12-21(23)13-11-18/h2-13,24H,14-16H2,1H3. The molecule has 0 aromatic heterocycles. The molecule has 3 aromatic carbocycles. The van der Waals surface area contributed by atoms with Crippen LogP contribution in [0.4, 0.5) is 4.39 Å². The van der Waals surface area contributed by atoms with Crippen LogP contribution in [0.5, 0.6) is 5.75 Å². The normalized spacial score (nSPS) is 10.6. The molecular formula is C22H22FNO. The van der Waals surface area contributed by atoms with Gasteiger partial charge in [-0.2, -0.15) is 0 Å². The van der Waals surface area contributed by atoms with Gasteiger partial charge in [-0.25, -0.2) is 4.39 Å². The molecule has 0 radical (unpaired) electrons. The van der Waals surface area contributed by atoms with E-state index in [1.165, 1.54) is 17.7 Å². The lowest BCUT2D eigenvalue weighted by Crippen LogP contribution is -2.13. The van der Waals surface area contributed by atoms with E-state index < -0.39 is 0 Å². The molecule has 0 unspecified atom stereocenters. The monoisotopic (exact) mass is 335 g/mol. The molecule has 128 valence electrons. The first-order valence-electron chi connectivity index (χ1n) is 8.42. The van der Waals surface area contributed by atoms with E-state index in [1.807, 2.05) is 18.2 Å². The van der Waals surface area contributed by atoms with E-state index in [0.717, 1.165) is 22.4 Å². The highest BCUT2D eigenvalue weighted by Crippen LogP contribution is 2.19. The Bertz CT molecular complexity index is 797. The molecule has 2 nitrogen and oxygen atoms in total. The Hall–Kier alpha value is -2.65.